The second-order valence-electron chi connectivity index (χ2n) is 6.78. The Labute approximate surface area is 189 Å². The Hall–Kier alpha value is -3.10. The lowest BCUT2D eigenvalue weighted by Gasteiger charge is -2.12. The maximum atomic E-state index is 12.6. The molecule has 0 radical (unpaired) electrons. The predicted octanol–water partition coefficient (Wildman–Crippen LogP) is 5.86. The Bertz CT molecular complexity index is 1150. The minimum atomic E-state index is -0.131. The van der Waals surface area contributed by atoms with Gasteiger partial charge in [-0.25, -0.2) is 0 Å². The summed E-state index contributed by atoms with van der Waals surface area (Å²) in [7, 11) is 0. The topological polar surface area (TPSA) is 69.0 Å². The van der Waals surface area contributed by atoms with Crippen molar-refractivity contribution in [2.24, 2.45) is 0 Å². The van der Waals surface area contributed by atoms with E-state index in [-0.39, 0.29) is 11.7 Å². The first-order valence-corrected chi connectivity index (χ1v) is 11.7. The van der Waals surface area contributed by atoms with Crippen LogP contribution in [0.25, 0.3) is 10.7 Å². The maximum absolute atomic E-state index is 12.6. The molecule has 8 heteroatoms. The summed E-state index contributed by atoms with van der Waals surface area (Å²) < 4.78 is 7.99. The van der Waals surface area contributed by atoms with Crippen LogP contribution in [0.1, 0.15) is 12.5 Å². The molecule has 0 atom stereocenters. The Morgan fingerprint density at radius 2 is 1.90 bits per heavy atom. The number of benzene rings is 2. The number of aromatic nitrogens is 3. The highest BCUT2D eigenvalue weighted by molar-refractivity contribution is 7.99. The molecule has 6 nitrogen and oxygen atoms in total. The Morgan fingerprint density at radius 1 is 1.10 bits per heavy atom. The van der Waals surface area contributed by atoms with Gasteiger partial charge in [0, 0.05) is 6.54 Å². The van der Waals surface area contributed by atoms with Crippen molar-refractivity contribution in [3.05, 3.63) is 71.6 Å². The summed E-state index contributed by atoms with van der Waals surface area (Å²) in [4.78, 5) is 13.7. The zero-order valence-electron chi connectivity index (χ0n) is 17.2. The predicted molar refractivity (Wildman–Crippen MR) is 126 cm³/mol. The standard InChI is InChI=1S/C23H22N4O2S2/c1-3-27-22(20-9-6-14-30-20)25-26-23(27)31-15-21(28)24-18-7-4-5-8-19(18)29-17-12-10-16(2)11-13-17/h4-14H,3,15H2,1-2H3,(H,24,28). The number of rotatable bonds is 8. The maximum Gasteiger partial charge on any atom is 0.234 e. The fraction of sp³-hybridized carbons (Fsp3) is 0.174. The van der Waals surface area contributed by atoms with Gasteiger partial charge in [-0.1, -0.05) is 47.7 Å². The molecule has 1 amide bonds. The number of carbonyl (C=O) groups is 1. The first-order chi connectivity index (χ1) is 15.1. The van der Waals surface area contributed by atoms with Crippen molar-refractivity contribution in [2.45, 2.75) is 25.5 Å². The number of thioether (sulfide) groups is 1. The van der Waals surface area contributed by atoms with E-state index in [2.05, 4.69) is 15.5 Å². The minimum absolute atomic E-state index is 0.131. The molecule has 4 aromatic rings. The van der Waals surface area contributed by atoms with Gasteiger partial charge >= 0.3 is 0 Å². The molecule has 0 spiro atoms. The van der Waals surface area contributed by atoms with Gasteiger partial charge < -0.3 is 14.6 Å². The molecule has 0 saturated carbocycles. The quantitative estimate of drug-likeness (QED) is 0.341. The summed E-state index contributed by atoms with van der Waals surface area (Å²) in [6.45, 7) is 4.80. The van der Waals surface area contributed by atoms with E-state index < -0.39 is 0 Å². The molecule has 4 rings (SSSR count). The average Bonchev–Trinajstić information content (AvgIpc) is 3.44. The summed E-state index contributed by atoms with van der Waals surface area (Å²) in [5.41, 5.74) is 1.79. The van der Waals surface area contributed by atoms with Crippen molar-refractivity contribution in [1.82, 2.24) is 14.8 Å². The molecule has 158 valence electrons. The highest BCUT2D eigenvalue weighted by Gasteiger charge is 2.16. The lowest BCUT2D eigenvalue weighted by atomic mass is 10.2. The van der Waals surface area contributed by atoms with Crippen LogP contribution in [0, 0.1) is 6.92 Å². The average molecular weight is 451 g/mol. The van der Waals surface area contributed by atoms with Gasteiger partial charge in [0.15, 0.2) is 16.7 Å². The molecule has 0 unspecified atom stereocenters. The van der Waals surface area contributed by atoms with Gasteiger partial charge in [-0.3, -0.25) is 4.79 Å². The number of thiophene rings is 1. The monoisotopic (exact) mass is 450 g/mol. The molecule has 2 aromatic heterocycles. The van der Waals surface area contributed by atoms with E-state index >= 15 is 0 Å². The highest BCUT2D eigenvalue weighted by atomic mass is 32.2. The molecule has 1 N–H and O–H groups in total. The zero-order chi connectivity index (χ0) is 21.6. The zero-order valence-corrected chi connectivity index (χ0v) is 18.9. The van der Waals surface area contributed by atoms with Gasteiger partial charge in [0.1, 0.15) is 5.75 Å². The number of anilines is 1. The fourth-order valence-electron chi connectivity index (χ4n) is 2.98. The summed E-state index contributed by atoms with van der Waals surface area (Å²) >= 11 is 2.99. The van der Waals surface area contributed by atoms with Gasteiger partial charge in [-0.2, -0.15) is 0 Å². The molecule has 0 fully saturated rings. The third-order valence-corrected chi connectivity index (χ3v) is 6.35. The van der Waals surface area contributed by atoms with E-state index in [1.54, 1.807) is 11.3 Å². The molecule has 0 aliphatic rings. The van der Waals surface area contributed by atoms with E-state index in [1.807, 2.05) is 84.5 Å². The Balaban J connectivity index is 1.41. The van der Waals surface area contributed by atoms with Crippen LogP contribution in [0.2, 0.25) is 0 Å². The lowest BCUT2D eigenvalue weighted by Crippen LogP contribution is -2.15. The second kappa shape index (κ2) is 9.80. The van der Waals surface area contributed by atoms with Gasteiger partial charge in [0.25, 0.3) is 0 Å². The summed E-state index contributed by atoms with van der Waals surface area (Å²) in [5, 5.41) is 14.3. The number of ether oxygens (including phenoxy) is 1. The number of nitrogens with one attached hydrogen (secondary N) is 1. The summed E-state index contributed by atoms with van der Waals surface area (Å²) in [6.07, 6.45) is 0. The third kappa shape index (κ3) is 5.15. The third-order valence-electron chi connectivity index (χ3n) is 4.52. The molecular weight excluding hydrogens is 428 g/mol. The van der Waals surface area contributed by atoms with Gasteiger partial charge in [-0.15, -0.1) is 21.5 Å². The Morgan fingerprint density at radius 3 is 2.65 bits per heavy atom. The number of aryl methyl sites for hydroxylation is 1. The van der Waals surface area contributed by atoms with Crippen molar-refractivity contribution in [3.63, 3.8) is 0 Å². The Kier molecular flexibility index (Phi) is 6.69. The largest absolute Gasteiger partial charge is 0.455 e. The van der Waals surface area contributed by atoms with E-state index in [0.717, 1.165) is 33.7 Å². The summed E-state index contributed by atoms with van der Waals surface area (Å²) in [5.74, 6) is 2.24. The van der Waals surface area contributed by atoms with E-state index in [9.17, 15) is 4.79 Å². The fourth-order valence-corrected chi connectivity index (χ4v) is 4.50. The van der Waals surface area contributed by atoms with Crippen molar-refractivity contribution in [3.8, 4) is 22.2 Å². The molecule has 2 heterocycles. The number of nitrogens with zero attached hydrogens (tertiary/aromatic N) is 3. The van der Waals surface area contributed by atoms with Gasteiger partial charge in [-0.05, 0) is 49.6 Å². The molecule has 2 aromatic carbocycles. The lowest BCUT2D eigenvalue weighted by molar-refractivity contribution is -0.113. The van der Waals surface area contributed by atoms with E-state index in [4.69, 9.17) is 4.74 Å². The highest BCUT2D eigenvalue weighted by Crippen LogP contribution is 2.30. The molecule has 0 aliphatic carbocycles. The molecule has 0 aliphatic heterocycles. The second-order valence-corrected chi connectivity index (χ2v) is 8.67. The number of amides is 1. The van der Waals surface area contributed by atoms with Crippen molar-refractivity contribution < 1.29 is 9.53 Å². The first-order valence-electron chi connectivity index (χ1n) is 9.87. The normalized spacial score (nSPS) is 10.8. The van der Waals surface area contributed by atoms with Crippen LogP contribution in [-0.2, 0) is 11.3 Å². The minimum Gasteiger partial charge on any atom is -0.455 e. The van der Waals surface area contributed by atoms with Crippen LogP contribution in [0.15, 0.2) is 71.2 Å². The van der Waals surface area contributed by atoms with Crippen molar-refractivity contribution in [2.75, 3.05) is 11.1 Å². The smallest absolute Gasteiger partial charge is 0.234 e. The van der Waals surface area contributed by atoms with Crippen LogP contribution in [0.4, 0.5) is 5.69 Å². The SMILES string of the molecule is CCn1c(SCC(=O)Nc2ccccc2Oc2ccc(C)cc2)nnc1-c1cccs1. The van der Waals surface area contributed by atoms with Crippen molar-refractivity contribution >= 4 is 34.7 Å². The van der Waals surface area contributed by atoms with E-state index in [0.29, 0.717) is 11.4 Å². The van der Waals surface area contributed by atoms with Crippen LogP contribution in [-0.4, -0.2) is 26.4 Å². The number of hydrogen-bond acceptors (Lipinski definition) is 6. The van der Waals surface area contributed by atoms with Gasteiger partial charge in [0.2, 0.25) is 5.91 Å². The number of carbonyl (C=O) groups excluding carboxylic acids is 1. The van der Waals surface area contributed by atoms with Crippen LogP contribution in [0.3, 0.4) is 0 Å². The number of para-hydroxylation sites is 2. The van der Waals surface area contributed by atoms with Crippen LogP contribution in [0.5, 0.6) is 11.5 Å². The number of hydrogen-bond donors (Lipinski definition) is 1. The molecule has 0 bridgehead atoms. The first kappa shape index (κ1) is 21.1. The summed E-state index contributed by atoms with van der Waals surface area (Å²) in [6, 6.07) is 19.2. The van der Waals surface area contributed by atoms with Gasteiger partial charge in [0.05, 0.1) is 16.3 Å². The van der Waals surface area contributed by atoms with E-state index in [1.165, 1.54) is 11.8 Å². The molecule has 0 saturated heterocycles. The van der Waals surface area contributed by atoms with Crippen molar-refractivity contribution in [1.29, 1.82) is 0 Å². The van der Waals surface area contributed by atoms with Crippen LogP contribution < -0.4 is 10.1 Å². The molecular formula is C23H22N4O2S2. The van der Waals surface area contributed by atoms with Crippen LogP contribution >= 0.6 is 23.1 Å². The molecule has 31 heavy (non-hydrogen) atoms.